The van der Waals surface area contributed by atoms with Gasteiger partial charge >= 0.3 is 0 Å². The normalized spacial score (nSPS) is 12.1. The fourth-order valence-corrected chi connectivity index (χ4v) is 3.24. The van der Waals surface area contributed by atoms with Crippen molar-refractivity contribution in [2.45, 2.75) is 12.6 Å². The number of rotatable bonds is 8. The molecular weight excluding hydrogens is 354 g/mol. The van der Waals surface area contributed by atoms with E-state index >= 15 is 0 Å². The van der Waals surface area contributed by atoms with E-state index in [0.29, 0.717) is 18.0 Å². The van der Waals surface area contributed by atoms with E-state index in [1.54, 1.807) is 18.4 Å². The van der Waals surface area contributed by atoms with E-state index in [1.165, 1.54) is 4.88 Å². The van der Waals surface area contributed by atoms with Gasteiger partial charge in [-0.2, -0.15) is 0 Å². The van der Waals surface area contributed by atoms with Crippen LogP contribution in [0.3, 0.4) is 0 Å². The largest absolute Gasteiger partial charge is 0.493 e. The molecule has 1 unspecified atom stereocenters. The third-order valence-electron chi connectivity index (χ3n) is 2.81. The SMILES string of the molecule is COc1ccccc1OCC(O)CNCc1ccc(Br)s1. The Hall–Kier alpha value is -1.08. The smallest absolute Gasteiger partial charge is 0.161 e. The molecule has 0 saturated carbocycles. The summed E-state index contributed by atoms with van der Waals surface area (Å²) in [7, 11) is 1.60. The quantitative estimate of drug-likeness (QED) is 0.748. The highest BCUT2D eigenvalue weighted by atomic mass is 79.9. The molecule has 0 aliphatic heterocycles. The summed E-state index contributed by atoms with van der Waals surface area (Å²) in [5.74, 6) is 1.31. The third-order valence-corrected chi connectivity index (χ3v) is 4.43. The third kappa shape index (κ3) is 5.32. The first-order valence-electron chi connectivity index (χ1n) is 6.58. The van der Waals surface area contributed by atoms with Crippen molar-refractivity contribution in [3.05, 3.63) is 45.1 Å². The van der Waals surface area contributed by atoms with Crippen LogP contribution < -0.4 is 14.8 Å². The molecule has 0 spiro atoms. The summed E-state index contributed by atoms with van der Waals surface area (Å²) in [6.45, 7) is 1.44. The zero-order valence-corrected chi connectivity index (χ0v) is 14.1. The van der Waals surface area contributed by atoms with Crippen molar-refractivity contribution in [2.75, 3.05) is 20.3 Å². The number of aliphatic hydroxyl groups is 1. The van der Waals surface area contributed by atoms with Crippen LogP contribution in [0.5, 0.6) is 11.5 Å². The van der Waals surface area contributed by atoms with Crippen molar-refractivity contribution in [3.63, 3.8) is 0 Å². The van der Waals surface area contributed by atoms with Gasteiger partial charge in [-0.15, -0.1) is 11.3 Å². The number of benzene rings is 1. The predicted molar refractivity (Wildman–Crippen MR) is 88.2 cm³/mol. The van der Waals surface area contributed by atoms with Crippen molar-refractivity contribution in [1.82, 2.24) is 5.32 Å². The number of hydrogen-bond donors (Lipinski definition) is 2. The van der Waals surface area contributed by atoms with Crippen LogP contribution in [0.1, 0.15) is 4.88 Å². The van der Waals surface area contributed by atoms with Crippen molar-refractivity contribution in [2.24, 2.45) is 0 Å². The first-order valence-corrected chi connectivity index (χ1v) is 8.19. The van der Waals surface area contributed by atoms with Crippen LogP contribution in [0.4, 0.5) is 0 Å². The minimum Gasteiger partial charge on any atom is -0.493 e. The molecule has 6 heteroatoms. The lowest BCUT2D eigenvalue weighted by Gasteiger charge is -2.14. The Morgan fingerprint density at radius 1 is 1.24 bits per heavy atom. The number of para-hydroxylation sites is 2. The number of halogens is 1. The van der Waals surface area contributed by atoms with Crippen LogP contribution in [-0.2, 0) is 6.54 Å². The molecule has 1 aromatic heterocycles. The summed E-state index contributed by atoms with van der Waals surface area (Å²) >= 11 is 5.11. The fraction of sp³-hybridized carbons (Fsp3) is 0.333. The Bertz CT molecular complexity index is 561. The average molecular weight is 372 g/mol. The van der Waals surface area contributed by atoms with Gasteiger partial charge in [-0.3, -0.25) is 0 Å². The van der Waals surface area contributed by atoms with E-state index in [2.05, 4.69) is 27.3 Å². The van der Waals surface area contributed by atoms with Crippen LogP contribution in [0, 0.1) is 0 Å². The highest BCUT2D eigenvalue weighted by Gasteiger charge is 2.08. The van der Waals surface area contributed by atoms with Crippen LogP contribution >= 0.6 is 27.3 Å². The number of methoxy groups -OCH3 is 1. The lowest BCUT2D eigenvalue weighted by Crippen LogP contribution is -2.31. The van der Waals surface area contributed by atoms with Gasteiger partial charge < -0.3 is 19.9 Å². The van der Waals surface area contributed by atoms with Gasteiger partial charge in [0.1, 0.15) is 12.7 Å². The number of thiophene rings is 1. The number of hydrogen-bond acceptors (Lipinski definition) is 5. The zero-order chi connectivity index (χ0) is 15.1. The van der Waals surface area contributed by atoms with Crippen molar-refractivity contribution in [3.8, 4) is 11.5 Å². The van der Waals surface area contributed by atoms with Gasteiger partial charge in [0.2, 0.25) is 0 Å². The average Bonchev–Trinajstić information content (AvgIpc) is 2.91. The molecule has 0 radical (unpaired) electrons. The molecule has 2 rings (SSSR count). The molecule has 21 heavy (non-hydrogen) atoms. The molecule has 0 amide bonds. The summed E-state index contributed by atoms with van der Waals surface area (Å²) in [5, 5.41) is 13.1. The molecule has 114 valence electrons. The van der Waals surface area contributed by atoms with E-state index < -0.39 is 6.10 Å². The van der Waals surface area contributed by atoms with Gasteiger partial charge in [-0.05, 0) is 40.2 Å². The Balaban J connectivity index is 1.71. The maximum absolute atomic E-state index is 9.92. The molecule has 1 atom stereocenters. The lowest BCUT2D eigenvalue weighted by atomic mass is 10.3. The molecule has 2 N–H and O–H groups in total. The molecule has 2 aromatic rings. The molecule has 0 aliphatic rings. The summed E-state index contributed by atoms with van der Waals surface area (Å²) in [4.78, 5) is 1.22. The summed E-state index contributed by atoms with van der Waals surface area (Å²) in [5.41, 5.74) is 0. The van der Waals surface area contributed by atoms with Crippen molar-refractivity contribution >= 4 is 27.3 Å². The minimum atomic E-state index is -0.571. The summed E-state index contributed by atoms with van der Waals surface area (Å²) in [6, 6.07) is 11.5. The maximum Gasteiger partial charge on any atom is 0.161 e. The van der Waals surface area contributed by atoms with Gasteiger partial charge in [0.25, 0.3) is 0 Å². The van der Waals surface area contributed by atoms with E-state index in [0.717, 1.165) is 10.3 Å². The van der Waals surface area contributed by atoms with Crippen LogP contribution in [0.25, 0.3) is 0 Å². The van der Waals surface area contributed by atoms with Crippen LogP contribution in [0.15, 0.2) is 40.2 Å². The molecule has 0 bridgehead atoms. The topological polar surface area (TPSA) is 50.7 Å². The van der Waals surface area contributed by atoms with E-state index in [1.807, 2.05) is 30.3 Å². The molecule has 1 heterocycles. The summed E-state index contributed by atoms with van der Waals surface area (Å²) < 4.78 is 11.9. The molecule has 4 nitrogen and oxygen atoms in total. The summed E-state index contributed by atoms with van der Waals surface area (Å²) in [6.07, 6.45) is -0.571. The van der Waals surface area contributed by atoms with Gasteiger partial charge in [0.05, 0.1) is 10.9 Å². The molecule has 1 aromatic carbocycles. The highest BCUT2D eigenvalue weighted by molar-refractivity contribution is 9.11. The first kappa shape index (κ1) is 16.3. The number of ether oxygens (including phenoxy) is 2. The Morgan fingerprint density at radius 3 is 2.67 bits per heavy atom. The second-order valence-corrected chi connectivity index (χ2v) is 7.00. The molecule has 0 aliphatic carbocycles. The highest BCUT2D eigenvalue weighted by Crippen LogP contribution is 2.25. The molecule has 0 fully saturated rings. The monoisotopic (exact) mass is 371 g/mol. The van der Waals surface area contributed by atoms with E-state index in [4.69, 9.17) is 9.47 Å². The van der Waals surface area contributed by atoms with Crippen molar-refractivity contribution in [1.29, 1.82) is 0 Å². The number of nitrogens with one attached hydrogen (secondary N) is 1. The van der Waals surface area contributed by atoms with Gasteiger partial charge in [0.15, 0.2) is 11.5 Å². The fourth-order valence-electron chi connectivity index (χ4n) is 1.79. The van der Waals surface area contributed by atoms with Gasteiger partial charge in [-0.1, -0.05) is 12.1 Å². The minimum absolute atomic E-state index is 0.224. The predicted octanol–water partition coefficient (Wildman–Crippen LogP) is 3.05. The van der Waals surface area contributed by atoms with Crippen LogP contribution in [-0.4, -0.2) is 31.5 Å². The van der Waals surface area contributed by atoms with E-state index in [9.17, 15) is 5.11 Å². The zero-order valence-electron chi connectivity index (χ0n) is 11.7. The van der Waals surface area contributed by atoms with Crippen LogP contribution in [0.2, 0.25) is 0 Å². The first-order chi connectivity index (χ1) is 10.2. The second kappa shape index (κ2) is 8.38. The van der Waals surface area contributed by atoms with Crippen molar-refractivity contribution < 1.29 is 14.6 Å². The Kier molecular flexibility index (Phi) is 6.50. The maximum atomic E-state index is 9.92. The standard InChI is InChI=1S/C15H18BrNO3S/c1-19-13-4-2-3-5-14(13)20-10-11(18)8-17-9-12-6-7-15(16)21-12/h2-7,11,17-18H,8-10H2,1H3. The second-order valence-electron chi connectivity index (χ2n) is 4.45. The van der Waals surface area contributed by atoms with Gasteiger partial charge in [-0.25, -0.2) is 0 Å². The Morgan fingerprint density at radius 2 is 2.00 bits per heavy atom. The molecule has 0 saturated heterocycles. The van der Waals surface area contributed by atoms with Gasteiger partial charge in [0, 0.05) is 18.0 Å². The number of aliphatic hydroxyl groups excluding tert-OH is 1. The van der Waals surface area contributed by atoms with E-state index in [-0.39, 0.29) is 6.61 Å². The molecular formula is C15H18BrNO3S. The lowest BCUT2D eigenvalue weighted by molar-refractivity contribution is 0.104. The Labute approximate surface area is 136 Å².